The number of aliphatic hydroxyl groups is 1. The molecule has 0 radical (unpaired) electrons. The van der Waals surface area contributed by atoms with E-state index in [1.807, 2.05) is 0 Å². The summed E-state index contributed by atoms with van der Waals surface area (Å²) in [5, 5.41) is 8.73. The molecule has 1 unspecified atom stereocenters. The second kappa shape index (κ2) is 6.38. The molecule has 3 heteroatoms. The predicted molar refractivity (Wildman–Crippen MR) is 57.1 cm³/mol. The van der Waals surface area contributed by atoms with Crippen molar-refractivity contribution in [3.05, 3.63) is 0 Å². The first kappa shape index (κ1) is 12.0. The van der Waals surface area contributed by atoms with E-state index < -0.39 is 0 Å². The Morgan fingerprint density at radius 2 is 2.00 bits per heavy atom. The summed E-state index contributed by atoms with van der Waals surface area (Å²) in [6.45, 7) is 3.06. The van der Waals surface area contributed by atoms with Gasteiger partial charge in [0.15, 0.2) is 0 Å². The molecule has 1 aliphatic rings. The normalized spacial score (nSPS) is 30.2. The van der Waals surface area contributed by atoms with Gasteiger partial charge >= 0.3 is 0 Å². The maximum atomic E-state index is 8.73. The molecule has 0 bridgehead atoms. The van der Waals surface area contributed by atoms with E-state index in [1.54, 1.807) is 0 Å². The van der Waals surface area contributed by atoms with Gasteiger partial charge in [-0.3, -0.25) is 0 Å². The van der Waals surface area contributed by atoms with Crippen LogP contribution in [0.15, 0.2) is 0 Å². The molecule has 1 fully saturated rings. The molecule has 3 nitrogen and oxygen atoms in total. The Labute approximate surface area is 86.6 Å². The first-order valence-electron chi connectivity index (χ1n) is 5.70. The first-order chi connectivity index (χ1) is 6.72. The molecule has 0 spiro atoms. The Balaban J connectivity index is 2.02. The summed E-state index contributed by atoms with van der Waals surface area (Å²) in [4.78, 5) is 0. The summed E-state index contributed by atoms with van der Waals surface area (Å²) in [6.07, 6.45) is 6.17. The van der Waals surface area contributed by atoms with Crippen molar-refractivity contribution in [2.75, 3.05) is 13.2 Å². The van der Waals surface area contributed by atoms with Crippen LogP contribution in [0.25, 0.3) is 0 Å². The van der Waals surface area contributed by atoms with Gasteiger partial charge in [-0.1, -0.05) is 6.92 Å². The van der Waals surface area contributed by atoms with Crippen LogP contribution >= 0.6 is 0 Å². The van der Waals surface area contributed by atoms with Crippen molar-refractivity contribution in [2.24, 2.45) is 11.7 Å². The molecule has 0 saturated heterocycles. The maximum absolute atomic E-state index is 8.73. The quantitative estimate of drug-likeness (QED) is 0.704. The molecule has 84 valence electrons. The fourth-order valence-electron chi connectivity index (χ4n) is 1.87. The zero-order valence-corrected chi connectivity index (χ0v) is 9.11. The number of hydrogen-bond acceptors (Lipinski definition) is 3. The van der Waals surface area contributed by atoms with Gasteiger partial charge in [0.1, 0.15) is 0 Å². The van der Waals surface area contributed by atoms with E-state index in [0.717, 1.165) is 12.3 Å². The number of hydrogen-bond donors (Lipinski definition) is 2. The summed E-state index contributed by atoms with van der Waals surface area (Å²) in [5.74, 6) is 0.870. The largest absolute Gasteiger partial charge is 0.395 e. The van der Waals surface area contributed by atoms with Crippen LogP contribution in [0.5, 0.6) is 0 Å². The Kier molecular flexibility index (Phi) is 5.45. The number of rotatable bonds is 5. The summed E-state index contributed by atoms with van der Waals surface area (Å²) in [7, 11) is 0. The Morgan fingerprint density at radius 3 is 2.57 bits per heavy atom. The molecule has 0 aromatic carbocycles. The van der Waals surface area contributed by atoms with Gasteiger partial charge in [0.05, 0.1) is 12.7 Å². The van der Waals surface area contributed by atoms with Gasteiger partial charge in [-0.2, -0.15) is 0 Å². The molecule has 0 aromatic rings. The van der Waals surface area contributed by atoms with Crippen LogP contribution in [0.2, 0.25) is 0 Å². The smallest absolute Gasteiger partial charge is 0.0583 e. The number of nitrogens with two attached hydrogens (primary N) is 1. The average Bonchev–Trinajstić information content (AvgIpc) is 2.21. The number of ether oxygens (including phenoxy) is 1. The fourth-order valence-corrected chi connectivity index (χ4v) is 1.87. The highest BCUT2D eigenvalue weighted by Gasteiger charge is 2.18. The fraction of sp³-hybridized carbons (Fsp3) is 1.00. The highest BCUT2D eigenvalue weighted by atomic mass is 16.5. The van der Waals surface area contributed by atoms with Crippen LogP contribution in [0.3, 0.4) is 0 Å². The zero-order chi connectivity index (χ0) is 10.4. The minimum absolute atomic E-state index is 0.0606. The van der Waals surface area contributed by atoms with Crippen LogP contribution in [0, 0.1) is 5.92 Å². The van der Waals surface area contributed by atoms with Gasteiger partial charge in [0, 0.05) is 12.6 Å². The van der Waals surface area contributed by atoms with Gasteiger partial charge in [-0.15, -0.1) is 0 Å². The predicted octanol–water partition coefficient (Wildman–Crippen LogP) is 1.29. The minimum atomic E-state index is -0.113. The average molecular weight is 201 g/mol. The molecule has 0 aliphatic heterocycles. The lowest BCUT2D eigenvalue weighted by Gasteiger charge is -2.26. The van der Waals surface area contributed by atoms with Gasteiger partial charge < -0.3 is 15.6 Å². The van der Waals surface area contributed by atoms with Gasteiger partial charge in [0.2, 0.25) is 0 Å². The lowest BCUT2D eigenvalue weighted by molar-refractivity contribution is 0.0147. The SMILES string of the molecule is CC1CCC(OCCC(N)CO)CC1. The third kappa shape index (κ3) is 4.40. The third-order valence-electron chi connectivity index (χ3n) is 3.04. The molecule has 0 heterocycles. The van der Waals surface area contributed by atoms with E-state index in [2.05, 4.69) is 6.92 Å². The lowest BCUT2D eigenvalue weighted by Crippen LogP contribution is -2.28. The third-order valence-corrected chi connectivity index (χ3v) is 3.04. The molecular formula is C11H23NO2. The van der Waals surface area contributed by atoms with Crippen molar-refractivity contribution < 1.29 is 9.84 Å². The number of aliphatic hydroxyl groups excluding tert-OH is 1. The molecule has 3 N–H and O–H groups in total. The standard InChI is InChI=1S/C11H23NO2/c1-9-2-4-11(5-3-9)14-7-6-10(12)8-13/h9-11,13H,2-8,12H2,1H3. The molecule has 1 saturated carbocycles. The van der Waals surface area contributed by atoms with Crippen molar-refractivity contribution >= 4 is 0 Å². The highest BCUT2D eigenvalue weighted by molar-refractivity contribution is 4.70. The highest BCUT2D eigenvalue weighted by Crippen LogP contribution is 2.25. The van der Waals surface area contributed by atoms with Crippen LogP contribution in [0.1, 0.15) is 39.0 Å². The second-order valence-corrected chi connectivity index (χ2v) is 4.48. The molecule has 0 amide bonds. The first-order valence-corrected chi connectivity index (χ1v) is 5.70. The summed E-state index contributed by atoms with van der Waals surface area (Å²) in [5.41, 5.74) is 5.58. The van der Waals surface area contributed by atoms with E-state index in [1.165, 1.54) is 25.7 Å². The van der Waals surface area contributed by atoms with Crippen LogP contribution in [-0.4, -0.2) is 30.5 Å². The topological polar surface area (TPSA) is 55.5 Å². The Hall–Kier alpha value is -0.120. The molecule has 1 aliphatic carbocycles. The summed E-state index contributed by atoms with van der Waals surface area (Å²) < 4.78 is 5.71. The van der Waals surface area contributed by atoms with E-state index in [0.29, 0.717) is 12.7 Å². The molecular weight excluding hydrogens is 178 g/mol. The van der Waals surface area contributed by atoms with Crippen LogP contribution in [0.4, 0.5) is 0 Å². The van der Waals surface area contributed by atoms with Gasteiger partial charge in [0.25, 0.3) is 0 Å². The van der Waals surface area contributed by atoms with Crippen molar-refractivity contribution in [1.29, 1.82) is 0 Å². The minimum Gasteiger partial charge on any atom is -0.395 e. The molecule has 0 aromatic heterocycles. The summed E-state index contributed by atoms with van der Waals surface area (Å²) in [6, 6.07) is -0.113. The van der Waals surface area contributed by atoms with Gasteiger partial charge in [-0.05, 0) is 38.0 Å². The van der Waals surface area contributed by atoms with E-state index >= 15 is 0 Å². The van der Waals surface area contributed by atoms with E-state index in [4.69, 9.17) is 15.6 Å². The van der Waals surface area contributed by atoms with Crippen molar-refractivity contribution in [1.82, 2.24) is 0 Å². The van der Waals surface area contributed by atoms with Crippen molar-refractivity contribution in [3.8, 4) is 0 Å². The second-order valence-electron chi connectivity index (χ2n) is 4.48. The van der Waals surface area contributed by atoms with Crippen molar-refractivity contribution in [2.45, 2.75) is 51.2 Å². The zero-order valence-electron chi connectivity index (χ0n) is 9.11. The Bertz CT molecular complexity index is 144. The van der Waals surface area contributed by atoms with Crippen LogP contribution < -0.4 is 5.73 Å². The van der Waals surface area contributed by atoms with Crippen molar-refractivity contribution in [3.63, 3.8) is 0 Å². The lowest BCUT2D eigenvalue weighted by atomic mass is 9.89. The molecule has 1 rings (SSSR count). The Morgan fingerprint density at radius 1 is 1.36 bits per heavy atom. The van der Waals surface area contributed by atoms with E-state index in [-0.39, 0.29) is 12.6 Å². The van der Waals surface area contributed by atoms with E-state index in [9.17, 15) is 0 Å². The maximum Gasteiger partial charge on any atom is 0.0583 e. The molecule has 14 heavy (non-hydrogen) atoms. The molecule has 1 atom stereocenters. The summed E-state index contributed by atoms with van der Waals surface area (Å²) >= 11 is 0. The monoisotopic (exact) mass is 201 g/mol. The van der Waals surface area contributed by atoms with Crippen LogP contribution in [-0.2, 0) is 4.74 Å². The van der Waals surface area contributed by atoms with Gasteiger partial charge in [-0.25, -0.2) is 0 Å².